The van der Waals surface area contributed by atoms with Crippen LogP contribution >= 0.6 is 7.60 Å². The molecule has 0 saturated carbocycles. The molecule has 33 heavy (non-hydrogen) atoms. The third kappa shape index (κ3) is 2.94. The van der Waals surface area contributed by atoms with Crippen molar-refractivity contribution in [3.8, 4) is 34.1 Å². The molecule has 1 unspecified atom stereocenters. The predicted molar refractivity (Wildman–Crippen MR) is 124 cm³/mol. The van der Waals surface area contributed by atoms with Crippen LogP contribution in [0.3, 0.4) is 0 Å². The number of hydrogen-bond donors (Lipinski definition) is 0. The van der Waals surface area contributed by atoms with Gasteiger partial charge in [-0.2, -0.15) is 0 Å². The second-order valence-electron chi connectivity index (χ2n) is 8.01. The third-order valence-electron chi connectivity index (χ3n) is 6.25. The van der Waals surface area contributed by atoms with Crippen molar-refractivity contribution in [2.45, 2.75) is 19.6 Å². The van der Waals surface area contributed by atoms with Crippen molar-refractivity contribution in [3.63, 3.8) is 0 Å². The molecule has 1 atom stereocenters. The smallest absolute Gasteiger partial charge is 0.357 e. The minimum Gasteiger partial charge on any atom is -0.454 e. The highest BCUT2D eigenvalue weighted by atomic mass is 31.2. The molecule has 8 nitrogen and oxygen atoms in total. The van der Waals surface area contributed by atoms with Gasteiger partial charge in [0.1, 0.15) is 0 Å². The second-order valence-corrected chi connectivity index (χ2v) is 10.1. The van der Waals surface area contributed by atoms with Gasteiger partial charge < -0.3 is 32.9 Å². The van der Waals surface area contributed by atoms with Gasteiger partial charge in [0.2, 0.25) is 13.6 Å². The molecule has 3 aliphatic heterocycles. The molecule has 0 saturated heterocycles. The average molecular weight is 469 g/mol. The number of rotatable bonds is 5. The maximum absolute atomic E-state index is 14.2. The Morgan fingerprint density at radius 2 is 1.58 bits per heavy atom. The van der Waals surface area contributed by atoms with Crippen LogP contribution < -0.4 is 23.8 Å². The van der Waals surface area contributed by atoms with E-state index in [2.05, 4.69) is 12.1 Å². The minimum absolute atomic E-state index is 0.115. The van der Waals surface area contributed by atoms with Crippen molar-refractivity contribution in [2.75, 3.05) is 38.7 Å². The first-order valence-electron chi connectivity index (χ1n) is 11.0. The van der Waals surface area contributed by atoms with Crippen molar-refractivity contribution in [3.05, 3.63) is 42.0 Å². The highest BCUT2D eigenvalue weighted by Crippen LogP contribution is 2.69. The molecule has 0 amide bonds. The first-order valence-corrected chi connectivity index (χ1v) is 12.6. The molecule has 0 bridgehead atoms. The van der Waals surface area contributed by atoms with Crippen LogP contribution in [0.5, 0.6) is 23.0 Å². The van der Waals surface area contributed by atoms with Crippen molar-refractivity contribution >= 4 is 24.1 Å². The number of fused-ring (bicyclic) bond motifs is 8. The van der Waals surface area contributed by atoms with E-state index < -0.39 is 13.4 Å². The van der Waals surface area contributed by atoms with Crippen molar-refractivity contribution in [1.29, 1.82) is 0 Å². The van der Waals surface area contributed by atoms with Crippen LogP contribution in [0.2, 0.25) is 0 Å². The van der Waals surface area contributed by atoms with Gasteiger partial charge in [-0.15, -0.1) is 0 Å². The van der Waals surface area contributed by atoms with E-state index in [0.29, 0.717) is 17.2 Å². The van der Waals surface area contributed by atoms with Crippen LogP contribution in [-0.2, 0) is 13.6 Å². The van der Waals surface area contributed by atoms with E-state index >= 15 is 0 Å². The Kier molecular flexibility index (Phi) is 4.73. The van der Waals surface area contributed by atoms with Gasteiger partial charge in [0, 0.05) is 23.6 Å². The molecule has 9 heteroatoms. The molecule has 3 aromatic rings. The molecule has 3 aliphatic rings. The van der Waals surface area contributed by atoms with Crippen LogP contribution in [0.15, 0.2) is 36.4 Å². The van der Waals surface area contributed by atoms with E-state index in [9.17, 15) is 4.57 Å². The van der Waals surface area contributed by atoms with Crippen LogP contribution in [0, 0.1) is 0 Å². The molecule has 3 aromatic carbocycles. The molecule has 0 aliphatic carbocycles. The molecule has 172 valence electrons. The second kappa shape index (κ2) is 7.55. The first kappa shape index (κ1) is 20.7. The van der Waals surface area contributed by atoms with E-state index in [-0.39, 0.29) is 26.8 Å². The molecule has 0 aromatic heterocycles. The van der Waals surface area contributed by atoms with E-state index in [1.54, 1.807) is 0 Å². The molecule has 6 rings (SSSR count). The molecule has 0 fully saturated rings. The number of ether oxygens (including phenoxy) is 4. The molecule has 3 heterocycles. The topological polar surface area (TPSA) is 75.7 Å². The Bertz CT molecular complexity index is 1310. The van der Waals surface area contributed by atoms with Crippen LogP contribution in [0.4, 0.5) is 5.69 Å². The summed E-state index contributed by atoms with van der Waals surface area (Å²) in [5.41, 5.74) is 3.58. The Morgan fingerprint density at radius 3 is 2.33 bits per heavy atom. The number of nitrogens with zero attached hydrogens (tertiary/aromatic N) is 1. The summed E-state index contributed by atoms with van der Waals surface area (Å²) in [6, 6.07) is 12.0. The summed E-state index contributed by atoms with van der Waals surface area (Å²) in [5.74, 6) is 1.90. The highest BCUT2D eigenvalue weighted by molar-refractivity contribution is 7.54. The zero-order valence-corrected chi connectivity index (χ0v) is 19.5. The average Bonchev–Trinajstić information content (AvgIpc) is 3.46. The van der Waals surface area contributed by atoms with Gasteiger partial charge in [-0.05, 0) is 49.1 Å². The fraction of sp³-hybridized carbons (Fsp3) is 0.333. The summed E-state index contributed by atoms with van der Waals surface area (Å²) in [6.45, 7) is 4.45. The van der Waals surface area contributed by atoms with E-state index in [1.165, 1.54) is 0 Å². The number of hydrogen-bond acceptors (Lipinski definition) is 8. The fourth-order valence-electron chi connectivity index (χ4n) is 5.00. The maximum atomic E-state index is 14.2. The lowest BCUT2D eigenvalue weighted by Gasteiger charge is -2.41. The monoisotopic (exact) mass is 469 g/mol. The summed E-state index contributed by atoms with van der Waals surface area (Å²) >= 11 is 0. The quantitative estimate of drug-likeness (QED) is 0.442. The summed E-state index contributed by atoms with van der Waals surface area (Å²) < 4.78 is 48.7. The van der Waals surface area contributed by atoms with Crippen LogP contribution in [-0.4, -0.2) is 33.8 Å². The summed E-state index contributed by atoms with van der Waals surface area (Å²) in [6.07, 6.45) is 0. The minimum atomic E-state index is -3.63. The maximum Gasteiger partial charge on any atom is 0.357 e. The van der Waals surface area contributed by atoms with Gasteiger partial charge in [0.15, 0.2) is 28.8 Å². The van der Waals surface area contributed by atoms with Gasteiger partial charge in [0.05, 0.1) is 18.9 Å². The Morgan fingerprint density at radius 1 is 0.909 bits per heavy atom. The zero-order valence-electron chi connectivity index (χ0n) is 18.6. The number of anilines is 1. The molecular formula is C24H24NO7P. The SMILES string of the molecule is CCOP(=O)(OCC)C1c2c(ccc3c2OCO3)-c2ccc3cc4c(cc3c2N1C)OCO4. The van der Waals surface area contributed by atoms with Crippen molar-refractivity contribution < 1.29 is 32.6 Å². The molecule has 0 spiro atoms. The Labute approximate surface area is 191 Å². The van der Waals surface area contributed by atoms with E-state index in [1.807, 2.05) is 50.1 Å². The van der Waals surface area contributed by atoms with Gasteiger partial charge in [-0.3, -0.25) is 4.57 Å². The van der Waals surface area contributed by atoms with Gasteiger partial charge in [0.25, 0.3) is 0 Å². The fourth-order valence-corrected chi connectivity index (χ4v) is 7.19. The van der Waals surface area contributed by atoms with Gasteiger partial charge in [-0.25, -0.2) is 0 Å². The van der Waals surface area contributed by atoms with E-state index in [4.69, 9.17) is 28.0 Å². The van der Waals surface area contributed by atoms with Crippen LogP contribution in [0.25, 0.3) is 21.9 Å². The molecule has 0 radical (unpaired) electrons. The Balaban J connectivity index is 1.67. The lowest BCUT2D eigenvalue weighted by atomic mass is 9.89. The first-order chi connectivity index (χ1) is 16.1. The van der Waals surface area contributed by atoms with E-state index in [0.717, 1.165) is 38.9 Å². The third-order valence-corrected chi connectivity index (χ3v) is 8.69. The van der Waals surface area contributed by atoms with Crippen molar-refractivity contribution in [2.24, 2.45) is 0 Å². The highest BCUT2D eigenvalue weighted by Gasteiger charge is 2.48. The summed E-state index contributed by atoms with van der Waals surface area (Å²) in [5, 5.41) is 1.96. The normalized spacial score (nSPS) is 17.9. The lowest BCUT2D eigenvalue weighted by Crippen LogP contribution is -2.30. The molecular weight excluding hydrogens is 445 g/mol. The summed E-state index contributed by atoms with van der Waals surface area (Å²) in [4.78, 5) is 1.98. The van der Waals surface area contributed by atoms with Crippen LogP contribution in [0.1, 0.15) is 25.2 Å². The Hall–Kier alpha value is -2.93. The lowest BCUT2D eigenvalue weighted by molar-refractivity contribution is 0.172. The zero-order chi connectivity index (χ0) is 22.7. The number of benzene rings is 3. The predicted octanol–water partition coefficient (Wildman–Crippen LogP) is 5.68. The largest absolute Gasteiger partial charge is 0.454 e. The summed E-state index contributed by atoms with van der Waals surface area (Å²) in [7, 11) is -1.72. The van der Waals surface area contributed by atoms with Gasteiger partial charge >= 0.3 is 7.60 Å². The van der Waals surface area contributed by atoms with Gasteiger partial charge in [-0.1, -0.05) is 12.1 Å². The standard InChI is InChI=1S/C24H24NO7P/c1-4-31-33(26,32-5-2)24-21-15(8-9-18-23(21)30-13-27-18)16-7-6-14-10-19-20(29-12-28-19)11-17(14)22(16)25(24)3/h6-11,24H,4-5,12-13H2,1-3H3. The van der Waals surface area contributed by atoms with Crippen molar-refractivity contribution in [1.82, 2.24) is 0 Å². The molecule has 0 N–H and O–H groups in total.